The Labute approximate surface area is 160 Å². The third kappa shape index (κ3) is 2.96. The lowest BCUT2D eigenvalue weighted by Gasteiger charge is -2.22. The molecule has 1 atom stereocenters. The second-order valence-corrected chi connectivity index (χ2v) is 6.42. The minimum absolute atomic E-state index is 0.142. The Morgan fingerprint density at radius 3 is 2.57 bits per heavy atom. The lowest BCUT2D eigenvalue weighted by atomic mass is 10.0. The van der Waals surface area contributed by atoms with Crippen molar-refractivity contribution >= 4 is 17.0 Å². The average Bonchev–Trinajstić information content (AvgIpc) is 3.25. The Morgan fingerprint density at radius 1 is 1.14 bits per heavy atom. The molecule has 0 aliphatic carbocycles. The first-order valence-electron chi connectivity index (χ1n) is 8.93. The zero-order valence-corrected chi connectivity index (χ0v) is 15.2. The van der Waals surface area contributed by atoms with Gasteiger partial charge in [0.1, 0.15) is 11.1 Å². The molecule has 7 heteroatoms. The first kappa shape index (κ1) is 17.7. The van der Waals surface area contributed by atoms with Crippen molar-refractivity contribution in [3.8, 4) is 5.69 Å². The number of aromatic nitrogens is 4. The number of rotatable bonds is 5. The highest BCUT2D eigenvalue weighted by Gasteiger charge is 2.20. The van der Waals surface area contributed by atoms with E-state index >= 15 is 0 Å². The van der Waals surface area contributed by atoms with Gasteiger partial charge in [-0.05, 0) is 42.3 Å². The Bertz CT molecular complexity index is 1190. The summed E-state index contributed by atoms with van der Waals surface area (Å²) in [5.41, 5.74) is 1.86. The van der Waals surface area contributed by atoms with Gasteiger partial charge >= 0.3 is 5.97 Å². The first-order valence-corrected chi connectivity index (χ1v) is 8.93. The Kier molecular flexibility index (Phi) is 4.49. The summed E-state index contributed by atoms with van der Waals surface area (Å²) in [5, 5.41) is 13.7. The zero-order chi connectivity index (χ0) is 19.7. The Balaban J connectivity index is 1.86. The Morgan fingerprint density at radius 2 is 1.93 bits per heavy atom. The molecule has 0 aliphatic heterocycles. The van der Waals surface area contributed by atoms with Crippen LogP contribution in [0.1, 0.15) is 35.3 Å². The predicted molar refractivity (Wildman–Crippen MR) is 105 cm³/mol. The van der Waals surface area contributed by atoms with Crippen molar-refractivity contribution in [1.82, 2.24) is 19.3 Å². The molecular formula is C21H18N4O3. The van der Waals surface area contributed by atoms with E-state index in [4.69, 9.17) is 0 Å². The molecule has 28 heavy (non-hydrogen) atoms. The van der Waals surface area contributed by atoms with Crippen molar-refractivity contribution in [1.29, 1.82) is 0 Å². The number of carboxylic acids is 1. The predicted octanol–water partition coefficient (Wildman–Crippen LogP) is 3.28. The average molecular weight is 374 g/mol. The summed E-state index contributed by atoms with van der Waals surface area (Å²) in [4.78, 5) is 28.2. The molecule has 3 aromatic heterocycles. The van der Waals surface area contributed by atoms with Crippen LogP contribution in [0.15, 0.2) is 72.0 Å². The van der Waals surface area contributed by atoms with E-state index in [2.05, 4.69) is 10.1 Å². The topological polar surface area (TPSA) is 90.0 Å². The third-order valence-corrected chi connectivity index (χ3v) is 4.79. The van der Waals surface area contributed by atoms with Crippen LogP contribution in [0.25, 0.3) is 16.7 Å². The molecule has 1 unspecified atom stereocenters. The summed E-state index contributed by atoms with van der Waals surface area (Å²) in [6.45, 7) is 2.02. The van der Waals surface area contributed by atoms with Gasteiger partial charge in [-0.2, -0.15) is 5.10 Å². The molecular weight excluding hydrogens is 356 g/mol. The smallest absolute Gasteiger partial charge is 0.341 e. The van der Waals surface area contributed by atoms with E-state index in [-0.39, 0.29) is 17.1 Å². The molecule has 7 nitrogen and oxygen atoms in total. The van der Waals surface area contributed by atoms with Gasteiger partial charge < -0.3 is 9.67 Å². The van der Waals surface area contributed by atoms with E-state index in [0.29, 0.717) is 11.9 Å². The van der Waals surface area contributed by atoms with Crippen LogP contribution in [-0.2, 0) is 0 Å². The van der Waals surface area contributed by atoms with Gasteiger partial charge in [0, 0.05) is 24.8 Å². The van der Waals surface area contributed by atoms with Crippen molar-refractivity contribution in [2.24, 2.45) is 0 Å². The van der Waals surface area contributed by atoms with Crippen LogP contribution in [0.5, 0.6) is 0 Å². The second-order valence-electron chi connectivity index (χ2n) is 6.42. The van der Waals surface area contributed by atoms with Crippen LogP contribution in [0.4, 0.5) is 0 Å². The minimum Gasteiger partial charge on any atom is -0.477 e. The molecule has 0 spiro atoms. The van der Waals surface area contributed by atoms with Crippen LogP contribution < -0.4 is 5.43 Å². The molecule has 4 aromatic rings. The highest BCUT2D eigenvalue weighted by molar-refractivity contribution is 5.91. The maximum absolute atomic E-state index is 12.5. The van der Waals surface area contributed by atoms with E-state index in [1.54, 1.807) is 23.0 Å². The maximum Gasteiger partial charge on any atom is 0.341 e. The van der Waals surface area contributed by atoms with Crippen molar-refractivity contribution in [2.45, 2.75) is 19.4 Å². The fourth-order valence-corrected chi connectivity index (χ4v) is 3.45. The number of carbonyl (C=O) groups is 1. The van der Waals surface area contributed by atoms with E-state index in [1.165, 1.54) is 12.4 Å². The van der Waals surface area contributed by atoms with E-state index in [0.717, 1.165) is 11.3 Å². The fourth-order valence-electron chi connectivity index (χ4n) is 3.45. The molecule has 0 fully saturated rings. The van der Waals surface area contributed by atoms with Gasteiger partial charge in [-0.15, -0.1) is 0 Å². The van der Waals surface area contributed by atoms with Gasteiger partial charge in [-0.3, -0.25) is 9.78 Å². The van der Waals surface area contributed by atoms with Crippen molar-refractivity contribution in [2.75, 3.05) is 0 Å². The Hall–Kier alpha value is -3.74. The fraction of sp³-hybridized carbons (Fsp3) is 0.143. The molecule has 0 aliphatic rings. The summed E-state index contributed by atoms with van der Waals surface area (Å²) in [5.74, 6) is -1.25. The number of hydrogen-bond acceptors (Lipinski definition) is 4. The lowest BCUT2D eigenvalue weighted by molar-refractivity contribution is 0.0694. The molecule has 140 valence electrons. The molecule has 1 aromatic carbocycles. The van der Waals surface area contributed by atoms with E-state index < -0.39 is 11.4 Å². The third-order valence-electron chi connectivity index (χ3n) is 4.79. The first-order chi connectivity index (χ1) is 13.6. The van der Waals surface area contributed by atoms with E-state index in [1.807, 2.05) is 48.0 Å². The quantitative estimate of drug-likeness (QED) is 0.579. The summed E-state index contributed by atoms with van der Waals surface area (Å²) in [6, 6.07) is 13.2. The number of fused-ring (bicyclic) bond motifs is 1. The van der Waals surface area contributed by atoms with Gasteiger partial charge in [0.2, 0.25) is 5.43 Å². The molecule has 0 saturated carbocycles. The number of aromatic carboxylic acids is 1. The number of pyridine rings is 2. The molecule has 0 amide bonds. The highest BCUT2D eigenvalue weighted by atomic mass is 16.4. The van der Waals surface area contributed by atoms with Gasteiger partial charge in [-0.1, -0.05) is 19.1 Å². The monoisotopic (exact) mass is 374 g/mol. The molecule has 1 N–H and O–H groups in total. The number of nitrogens with zero attached hydrogens (tertiary/aromatic N) is 4. The highest BCUT2D eigenvalue weighted by Crippen LogP contribution is 2.26. The second kappa shape index (κ2) is 7.11. The number of carboxylic acid groups (broad SMARTS) is 1. The summed E-state index contributed by atoms with van der Waals surface area (Å²) in [7, 11) is 0. The standard InChI is InChI=1S/C21H18N4O3/c1-2-17(14-6-8-15(9-7-14)25-12-4-11-23-25)24-13-16(21(27)28)20(26)19-18(24)5-3-10-22-19/h3-13,17H,2H2,1H3,(H,27,28). The van der Waals surface area contributed by atoms with E-state index in [9.17, 15) is 14.7 Å². The van der Waals surface area contributed by atoms with Gasteiger partial charge in [0.05, 0.1) is 17.2 Å². The van der Waals surface area contributed by atoms with Crippen molar-refractivity contribution in [3.63, 3.8) is 0 Å². The van der Waals surface area contributed by atoms with Crippen LogP contribution in [-0.4, -0.2) is 30.4 Å². The molecule has 0 radical (unpaired) electrons. The minimum atomic E-state index is -1.25. The normalized spacial score (nSPS) is 12.2. The molecule has 0 bridgehead atoms. The summed E-state index contributed by atoms with van der Waals surface area (Å²) >= 11 is 0. The summed E-state index contributed by atoms with van der Waals surface area (Å²) in [6.07, 6.45) is 7.22. The van der Waals surface area contributed by atoms with Crippen LogP contribution in [0.2, 0.25) is 0 Å². The SMILES string of the molecule is CCC(c1ccc(-n2cccn2)cc1)n1cc(C(=O)O)c(=O)c2ncccc21. The van der Waals surface area contributed by atoms with Gasteiger partial charge in [-0.25, -0.2) is 9.48 Å². The van der Waals surface area contributed by atoms with Crippen LogP contribution >= 0.6 is 0 Å². The van der Waals surface area contributed by atoms with Crippen molar-refractivity contribution in [3.05, 3.63) is 88.6 Å². The lowest BCUT2D eigenvalue weighted by Crippen LogP contribution is -2.22. The number of benzene rings is 1. The summed E-state index contributed by atoms with van der Waals surface area (Å²) < 4.78 is 3.60. The van der Waals surface area contributed by atoms with Crippen molar-refractivity contribution < 1.29 is 9.90 Å². The zero-order valence-electron chi connectivity index (χ0n) is 15.2. The molecule has 3 heterocycles. The maximum atomic E-state index is 12.5. The largest absolute Gasteiger partial charge is 0.477 e. The van der Waals surface area contributed by atoms with Crippen LogP contribution in [0, 0.1) is 0 Å². The molecule has 0 saturated heterocycles. The van der Waals surface area contributed by atoms with Gasteiger partial charge in [0.25, 0.3) is 0 Å². The van der Waals surface area contributed by atoms with Gasteiger partial charge in [0.15, 0.2) is 0 Å². The van der Waals surface area contributed by atoms with Crippen LogP contribution in [0.3, 0.4) is 0 Å². The molecule has 4 rings (SSSR count). The number of hydrogen-bond donors (Lipinski definition) is 1.